The van der Waals surface area contributed by atoms with Crippen LogP contribution in [0.4, 0.5) is 36.2 Å². The molecule has 0 aliphatic rings. The fourth-order valence-corrected chi connectivity index (χ4v) is 1.61. The second kappa shape index (κ2) is 5.61. The molecule has 0 unspecified atom stereocenters. The minimum atomic E-state index is -1.24. The number of nitrogens with zero attached hydrogens (tertiary/aromatic N) is 3. The highest BCUT2D eigenvalue weighted by Gasteiger charge is 2.24. The summed E-state index contributed by atoms with van der Waals surface area (Å²) in [5, 5.41) is 15.6. The molecule has 0 bridgehead atoms. The third kappa shape index (κ3) is 2.83. The molecule has 1 aromatic heterocycles. The van der Waals surface area contributed by atoms with Crippen LogP contribution in [-0.4, -0.2) is 21.9 Å². The summed E-state index contributed by atoms with van der Waals surface area (Å²) in [7, 11) is 1.39. The molecule has 0 aliphatic heterocycles. The maximum Gasteiger partial charge on any atom is 0.353 e. The molecule has 0 aliphatic carbocycles. The van der Waals surface area contributed by atoms with E-state index in [0.717, 1.165) is 6.33 Å². The van der Waals surface area contributed by atoms with Crippen molar-refractivity contribution in [1.82, 2.24) is 9.97 Å². The smallest absolute Gasteiger partial charge is 0.353 e. The Morgan fingerprint density at radius 1 is 1.14 bits per heavy atom. The first-order valence-electron chi connectivity index (χ1n) is 5.52. The van der Waals surface area contributed by atoms with E-state index in [-0.39, 0.29) is 5.82 Å². The molecule has 2 aromatic rings. The van der Waals surface area contributed by atoms with Gasteiger partial charge in [0.25, 0.3) is 0 Å². The first kappa shape index (κ1) is 14.5. The van der Waals surface area contributed by atoms with Crippen molar-refractivity contribution in [2.24, 2.45) is 0 Å². The standard InChI is InChI=1S/C11H8F3N5O2/c1-15-10-9(19(20)21)11(17-4-16-10)18-8-6(13)2-5(12)3-7(8)14/h2-4H,1H3,(H2,15,16,17,18). The van der Waals surface area contributed by atoms with Gasteiger partial charge in [0.15, 0.2) is 11.6 Å². The molecule has 110 valence electrons. The topological polar surface area (TPSA) is 93.0 Å². The minimum Gasteiger partial charge on any atom is -0.367 e. The van der Waals surface area contributed by atoms with Gasteiger partial charge in [-0.05, 0) is 0 Å². The molecule has 7 nitrogen and oxygen atoms in total. The van der Waals surface area contributed by atoms with Crippen LogP contribution in [0.1, 0.15) is 0 Å². The highest BCUT2D eigenvalue weighted by atomic mass is 19.1. The van der Waals surface area contributed by atoms with Gasteiger partial charge in [-0.25, -0.2) is 23.1 Å². The number of anilines is 3. The van der Waals surface area contributed by atoms with E-state index >= 15 is 0 Å². The van der Waals surface area contributed by atoms with E-state index in [1.807, 2.05) is 0 Å². The van der Waals surface area contributed by atoms with Gasteiger partial charge in [-0.3, -0.25) is 10.1 Å². The van der Waals surface area contributed by atoms with Crippen LogP contribution in [-0.2, 0) is 0 Å². The molecule has 0 saturated carbocycles. The second-order valence-corrected chi connectivity index (χ2v) is 3.80. The van der Waals surface area contributed by atoms with Crippen molar-refractivity contribution in [3.63, 3.8) is 0 Å². The third-order valence-electron chi connectivity index (χ3n) is 2.49. The van der Waals surface area contributed by atoms with Crippen LogP contribution in [0.5, 0.6) is 0 Å². The molecule has 10 heteroatoms. The van der Waals surface area contributed by atoms with Crippen molar-refractivity contribution >= 4 is 23.0 Å². The van der Waals surface area contributed by atoms with Gasteiger partial charge in [0.05, 0.1) is 4.92 Å². The van der Waals surface area contributed by atoms with Crippen LogP contribution in [0, 0.1) is 27.6 Å². The molecule has 1 aromatic carbocycles. The number of aromatic nitrogens is 2. The quantitative estimate of drug-likeness (QED) is 0.666. The van der Waals surface area contributed by atoms with Crippen molar-refractivity contribution in [3.8, 4) is 0 Å². The molecular weight excluding hydrogens is 291 g/mol. The largest absolute Gasteiger partial charge is 0.367 e. The number of benzene rings is 1. The van der Waals surface area contributed by atoms with E-state index in [4.69, 9.17) is 0 Å². The summed E-state index contributed by atoms with van der Waals surface area (Å²) in [6.07, 6.45) is 0.973. The van der Waals surface area contributed by atoms with Crippen LogP contribution >= 0.6 is 0 Å². The molecule has 0 amide bonds. The summed E-state index contributed by atoms with van der Waals surface area (Å²) in [5.74, 6) is -4.16. The van der Waals surface area contributed by atoms with Gasteiger partial charge in [0.2, 0.25) is 11.6 Å². The van der Waals surface area contributed by atoms with Gasteiger partial charge in [-0.2, -0.15) is 0 Å². The lowest BCUT2D eigenvalue weighted by molar-refractivity contribution is -0.383. The number of nitrogens with one attached hydrogen (secondary N) is 2. The number of nitro groups is 1. The molecule has 21 heavy (non-hydrogen) atoms. The van der Waals surface area contributed by atoms with Gasteiger partial charge in [0.1, 0.15) is 17.8 Å². The van der Waals surface area contributed by atoms with Crippen molar-refractivity contribution in [2.75, 3.05) is 17.7 Å². The monoisotopic (exact) mass is 299 g/mol. The molecule has 2 N–H and O–H groups in total. The summed E-state index contributed by atoms with van der Waals surface area (Å²) in [4.78, 5) is 17.4. The molecule has 2 rings (SSSR count). The van der Waals surface area contributed by atoms with E-state index in [2.05, 4.69) is 20.6 Å². The molecule has 0 saturated heterocycles. The Labute approximate surface area is 116 Å². The van der Waals surface area contributed by atoms with Gasteiger partial charge >= 0.3 is 5.69 Å². The zero-order valence-electron chi connectivity index (χ0n) is 10.5. The average molecular weight is 299 g/mol. The van der Waals surface area contributed by atoms with Crippen molar-refractivity contribution in [2.45, 2.75) is 0 Å². The molecule has 0 fully saturated rings. The Bertz CT molecular complexity index is 687. The van der Waals surface area contributed by atoms with E-state index in [1.165, 1.54) is 7.05 Å². The predicted molar refractivity (Wildman–Crippen MR) is 67.8 cm³/mol. The fourth-order valence-electron chi connectivity index (χ4n) is 1.61. The van der Waals surface area contributed by atoms with E-state index in [1.54, 1.807) is 0 Å². The average Bonchev–Trinajstić information content (AvgIpc) is 2.42. The van der Waals surface area contributed by atoms with Crippen LogP contribution in [0.3, 0.4) is 0 Å². The van der Waals surface area contributed by atoms with Gasteiger partial charge in [0, 0.05) is 19.2 Å². The summed E-state index contributed by atoms with van der Waals surface area (Å²) >= 11 is 0. The lowest BCUT2D eigenvalue weighted by Crippen LogP contribution is -2.07. The SMILES string of the molecule is CNc1ncnc(Nc2c(F)cc(F)cc2F)c1[N+](=O)[O-]. The first-order valence-corrected chi connectivity index (χ1v) is 5.52. The molecule has 0 spiro atoms. The number of rotatable bonds is 4. The van der Waals surface area contributed by atoms with E-state index < -0.39 is 39.6 Å². The van der Waals surface area contributed by atoms with Crippen LogP contribution in [0.2, 0.25) is 0 Å². The van der Waals surface area contributed by atoms with Crippen LogP contribution in [0.25, 0.3) is 0 Å². The molecular formula is C11H8F3N5O2. The van der Waals surface area contributed by atoms with E-state index in [0.29, 0.717) is 12.1 Å². The number of hydrogen-bond donors (Lipinski definition) is 2. The van der Waals surface area contributed by atoms with Crippen molar-refractivity contribution in [3.05, 3.63) is 46.0 Å². The molecule has 0 radical (unpaired) electrons. The molecule has 0 atom stereocenters. The molecule has 1 heterocycles. The highest BCUT2D eigenvalue weighted by molar-refractivity contribution is 5.73. The zero-order valence-corrected chi connectivity index (χ0v) is 10.5. The Morgan fingerprint density at radius 3 is 2.24 bits per heavy atom. The third-order valence-corrected chi connectivity index (χ3v) is 2.49. The predicted octanol–water partition coefficient (Wildman–Crippen LogP) is 2.59. The first-order chi connectivity index (χ1) is 9.93. The fraction of sp³-hybridized carbons (Fsp3) is 0.0909. The number of hydrogen-bond acceptors (Lipinski definition) is 6. The van der Waals surface area contributed by atoms with Gasteiger partial charge in [-0.1, -0.05) is 0 Å². The van der Waals surface area contributed by atoms with Gasteiger partial charge < -0.3 is 10.6 Å². The Balaban J connectivity index is 2.52. The van der Waals surface area contributed by atoms with Gasteiger partial charge in [-0.15, -0.1) is 0 Å². The Morgan fingerprint density at radius 2 is 1.71 bits per heavy atom. The highest BCUT2D eigenvalue weighted by Crippen LogP contribution is 2.32. The minimum absolute atomic E-state index is 0.138. The normalized spacial score (nSPS) is 10.3. The maximum atomic E-state index is 13.5. The lowest BCUT2D eigenvalue weighted by atomic mass is 10.2. The Hall–Kier alpha value is -2.91. The maximum absolute atomic E-state index is 13.5. The summed E-state index contributed by atoms with van der Waals surface area (Å²) in [5.41, 5.74) is -1.34. The Kier molecular flexibility index (Phi) is 3.87. The summed E-state index contributed by atoms with van der Waals surface area (Å²) in [6.45, 7) is 0. The van der Waals surface area contributed by atoms with Crippen LogP contribution in [0.15, 0.2) is 18.5 Å². The van der Waals surface area contributed by atoms with Crippen LogP contribution < -0.4 is 10.6 Å². The van der Waals surface area contributed by atoms with Crippen molar-refractivity contribution in [1.29, 1.82) is 0 Å². The van der Waals surface area contributed by atoms with E-state index in [9.17, 15) is 23.3 Å². The number of halogens is 3. The summed E-state index contributed by atoms with van der Waals surface area (Å²) < 4.78 is 39.9. The summed E-state index contributed by atoms with van der Waals surface area (Å²) in [6, 6.07) is 0.884. The second-order valence-electron chi connectivity index (χ2n) is 3.80. The van der Waals surface area contributed by atoms with Crippen molar-refractivity contribution < 1.29 is 18.1 Å². The lowest BCUT2D eigenvalue weighted by Gasteiger charge is -2.09. The zero-order chi connectivity index (χ0) is 15.6.